The number of nitrogens with one attached hydrogen (secondary N) is 1. The number of rotatable bonds is 2. The summed E-state index contributed by atoms with van der Waals surface area (Å²) in [6.07, 6.45) is -2.32. The maximum atomic E-state index is 13.0. The van der Waals surface area contributed by atoms with Crippen LogP contribution in [0.15, 0.2) is 23.3 Å². The molecule has 0 saturated carbocycles. The number of phenols is 2. The van der Waals surface area contributed by atoms with Crippen molar-refractivity contribution in [2.45, 2.75) is 50.7 Å². The van der Waals surface area contributed by atoms with E-state index in [1.165, 1.54) is 6.08 Å². The van der Waals surface area contributed by atoms with Crippen LogP contribution in [0.2, 0.25) is 0 Å². The maximum absolute atomic E-state index is 13.0. The highest BCUT2D eigenvalue weighted by molar-refractivity contribution is 6.30. The Balaban J connectivity index is 1.86. The van der Waals surface area contributed by atoms with Crippen molar-refractivity contribution in [3.8, 4) is 11.5 Å². The topological polar surface area (TPSA) is 121 Å². The first kappa shape index (κ1) is 21.8. The van der Waals surface area contributed by atoms with Gasteiger partial charge in [0.1, 0.15) is 17.0 Å². The van der Waals surface area contributed by atoms with E-state index in [1.54, 1.807) is 11.4 Å². The summed E-state index contributed by atoms with van der Waals surface area (Å²) in [5.74, 6) is -5.59. The van der Waals surface area contributed by atoms with E-state index in [-0.39, 0.29) is 40.7 Å². The van der Waals surface area contributed by atoms with Crippen molar-refractivity contribution in [2.24, 2.45) is 0 Å². The molecule has 0 heterocycles. The lowest BCUT2D eigenvalue weighted by Gasteiger charge is -2.38. The molecule has 1 aromatic carbocycles. The van der Waals surface area contributed by atoms with Crippen LogP contribution in [-0.4, -0.2) is 45.2 Å². The van der Waals surface area contributed by atoms with Gasteiger partial charge in [-0.15, -0.1) is 0 Å². The van der Waals surface area contributed by atoms with Gasteiger partial charge in [0, 0.05) is 28.7 Å². The van der Waals surface area contributed by atoms with Crippen molar-refractivity contribution in [3.05, 3.63) is 45.6 Å². The van der Waals surface area contributed by atoms with Gasteiger partial charge < -0.3 is 15.5 Å². The monoisotopic (exact) mass is 449 g/mol. The number of carbonyl (C=O) groups is 4. The second kappa shape index (κ2) is 7.04. The zero-order valence-corrected chi connectivity index (χ0v) is 16.9. The van der Waals surface area contributed by atoms with Crippen LogP contribution in [-0.2, 0) is 22.4 Å². The zero-order chi connectivity index (χ0) is 23.6. The molecule has 3 aliphatic rings. The van der Waals surface area contributed by atoms with E-state index in [1.807, 2.05) is 0 Å². The smallest absolute Gasteiger partial charge is 0.471 e. The van der Waals surface area contributed by atoms with Crippen LogP contribution in [0, 0.1) is 0 Å². The van der Waals surface area contributed by atoms with Gasteiger partial charge in [0.25, 0.3) is 0 Å². The van der Waals surface area contributed by atoms with Crippen molar-refractivity contribution in [1.29, 1.82) is 0 Å². The summed E-state index contributed by atoms with van der Waals surface area (Å²) >= 11 is 0. The van der Waals surface area contributed by atoms with Gasteiger partial charge in [-0.1, -0.05) is 12.2 Å². The van der Waals surface area contributed by atoms with Crippen LogP contribution in [0.5, 0.6) is 11.5 Å². The van der Waals surface area contributed by atoms with Crippen LogP contribution in [0.3, 0.4) is 0 Å². The molecule has 0 saturated heterocycles. The average molecular weight is 449 g/mol. The first-order chi connectivity index (χ1) is 14.9. The van der Waals surface area contributed by atoms with Gasteiger partial charge >= 0.3 is 12.1 Å². The summed E-state index contributed by atoms with van der Waals surface area (Å²) < 4.78 is 38.5. The van der Waals surface area contributed by atoms with Gasteiger partial charge in [-0.05, 0) is 32.6 Å². The summed E-state index contributed by atoms with van der Waals surface area (Å²) in [7, 11) is 0. The minimum atomic E-state index is -5.23. The first-order valence-corrected chi connectivity index (χ1v) is 9.88. The lowest BCUT2D eigenvalue weighted by atomic mass is 9.71. The lowest BCUT2D eigenvalue weighted by Crippen LogP contribution is -2.59. The predicted octanol–water partition coefficient (Wildman–Crippen LogP) is 2.62. The van der Waals surface area contributed by atoms with Gasteiger partial charge in [-0.25, -0.2) is 0 Å². The fraction of sp³-hybridized carbons (Fsp3) is 0.364. The largest absolute Gasteiger partial charge is 0.507 e. The highest BCUT2D eigenvalue weighted by atomic mass is 19.4. The minimum absolute atomic E-state index is 0.0657. The Kier molecular flexibility index (Phi) is 4.80. The predicted molar refractivity (Wildman–Crippen MR) is 103 cm³/mol. The molecule has 7 nitrogen and oxygen atoms in total. The molecule has 3 N–H and O–H groups in total. The van der Waals surface area contributed by atoms with Crippen molar-refractivity contribution in [3.63, 3.8) is 0 Å². The van der Waals surface area contributed by atoms with Gasteiger partial charge in [0.05, 0.1) is 11.1 Å². The third kappa shape index (κ3) is 3.04. The highest BCUT2D eigenvalue weighted by Crippen LogP contribution is 2.48. The zero-order valence-electron chi connectivity index (χ0n) is 16.9. The van der Waals surface area contributed by atoms with Crippen molar-refractivity contribution in [2.75, 3.05) is 0 Å². The number of benzene rings is 1. The Labute approximate surface area is 179 Å². The summed E-state index contributed by atoms with van der Waals surface area (Å²) in [5, 5.41) is 23.5. The number of allylic oxidation sites excluding steroid dienone is 4. The number of phenolic OH excluding ortho intramolecular Hbond substituents is 2. The first-order valence-electron chi connectivity index (χ1n) is 9.88. The van der Waals surface area contributed by atoms with Crippen molar-refractivity contribution < 1.29 is 42.6 Å². The Morgan fingerprint density at radius 1 is 1.03 bits per heavy atom. The quantitative estimate of drug-likeness (QED) is 0.597. The molecular weight excluding hydrogens is 431 g/mol. The van der Waals surface area contributed by atoms with E-state index in [2.05, 4.69) is 0 Å². The normalized spacial score (nSPS) is 22.2. The SMILES string of the molecule is CC(=O)C1(NC(=O)C(F)(F)F)CCc2c(O)c3c(c(O)c2C1)C(=O)C1=C(CCC=C1)C3=O. The van der Waals surface area contributed by atoms with Crippen LogP contribution in [0.1, 0.15) is 58.0 Å². The molecule has 1 aromatic rings. The second-order valence-corrected chi connectivity index (χ2v) is 8.16. The van der Waals surface area contributed by atoms with Crippen LogP contribution in [0.25, 0.3) is 0 Å². The number of hydrogen-bond donors (Lipinski definition) is 3. The summed E-state index contributed by atoms with van der Waals surface area (Å²) in [4.78, 5) is 49.9. The van der Waals surface area contributed by atoms with Gasteiger partial charge in [0.2, 0.25) is 0 Å². The fourth-order valence-electron chi connectivity index (χ4n) is 4.64. The van der Waals surface area contributed by atoms with Gasteiger partial charge in [-0.3, -0.25) is 19.2 Å². The number of carbonyl (C=O) groups excluding carboxylic acids is 4. The number of amides is 1. The molecule has 3 aliphatic carbocycles. The molecule has 1 unspecified atom stereocenters. The summed E-state index contributed by atoms with van der Waals surface area (Å²) in [6, 6.07) is 0. The number of fused-ring (bicyclic) bond motifs is 2. The third-order valence-electron chi connectivity index (χ3n) is 6.37. The second-order valence-electron chi connectivity index (χ2n) is 8.16. The number of ketones is 3. The van der Waals surface area contributed by atoms with Crippen molar-refractivity contribution >= 4 is 23.3 Å². The van der Waals surface area contributed by atoms with E-state index in [4.69, 9.17) is 0 Å². The number of halogens is 3. The molecule has 1 amide bonds. The van der Waals surface area contributed by atoms with E-state index >= 15 is 0 Å². The highest BCUT2D eigenvalue weighted by Gasteiger charge is 2.49. The number of alkyl halides is 3. The molecule has 0 spiro atoms. The molecule has 0 bridgehead atoms. The molecule has 0 aromatic heterocycles. The van der Waals surface area contributed by atoms with Crippen LogP contribution < -0.4 is 5.32 Å². The maximum Gasteiger partial charge on any atom is 0.471 e. The Morgan fingerprint density at radius 3 is 2.28 bits per heavy atom. The van der Waals surface area contributed by atoms with Crippen LogP contribution >= 0.6 is 0 Å². The molecule has 168 valence electrons. The van der Waals surface area contributed by atoms with Gasteiger partial charge in [-0.2, -0.15) is 13.2 Å². The number of hydrogen-bond acceptors (Lipinski definition) is 6. The molecule has 0 aliphatic heterocycles. The molecule has 1 atom stereocenters. The Bertz CT molecular complexity index is 1180. The molecular formula is C22H18F3NO6. The average Bonchev–Trinajstić information content (AvgIpc) is 2.73. The molecule has 10 heteroatoms. The minimum Gasteiger partial charge on any atom is -0.507 e. The molecule has 4 rings (SSSR count). The molecule has 0 radical (unpaired) electrons. The fourth-order valence-corrected chi connectivity index (χ4v) is 4.64. The summed E-state index contributed by atoms with van der Waals surface area (Å²) in [5.41, 5.74) is -2.54. The van der Waals surface area contributed by atoms with E-state index in [0.29, 0.717) is 12.8 Å². The molecule has 0 fully saturated rings. The third-order valence-corrected chi connectivity index (χ3v) is 6.37. The summed E-state index contributed by atoms with van der Waals surface area (Å²) in [6.45, 7) is 1.01. The standard InChI is InChI=1S/C22H18F3NO6/c1-9(27)21(26-20(32)22(23,24)25)7-6-12-13(8-21)19(31)15-14(18(12)30)16(28)10-4-2-3-5-11(10)17(15)29/h3,5,30-31H,2,4,6-8H2,1H3,(H,26,32). The molecule has 32 heavy (non-hydrogen) atoms. The van der Waals surface area contributed by atoms with E-state index in [9.17, 15) is 42.6 Å². The van der Waals surface area contributed by atoms with E-state index in [0.717, 1.165) is 6.92 Å². The Morgan fingerprint density at radius 2 is 1.66 bits per heavy atom. The number of Topliss-reactive ketones (excluding diaryl/α,β-unsaturated/α-hetero) is 3. The van der Waals surface area contributed by atoms with Crippen LogP contribution in [0.4, 0.5) is 13.2 Å². The van der Waals surface area contributed by atoms with Gasteiger partial charge in [0.15, 0.2) is 17.3 Å². The number of aromatic hydroxyl groups is 2. The lowest BCUT2D eigenvalue weighted by molar-refractivity contribution is -0.176. The Hall–Kier alpha value is -3.43. The van der Waals surface area contributed by atoms with E-state index < -0.39 is 58.5 Å². The van der Waals surface area contributed by atoms with Crippen molar-refractivity contribution in [1.82, 2.24) is 5.32 Å².